The van der Waals surface area contributed by atoms with Crippen molar-refractivity contribution >= 4 is 33.2 Å². The second-order valence-corrected chi connectivity index (χ2v) is 4.99. The highest BCUT2D eigenvalue weighted by Gasteiger charge is 2.03. The number of hydrogen-bond donors (Lipinski definition) is 1. The molecule has 1 nitrogen and oxygen atoms in total. The van der Waals surface area contributed by atoms with Gasteiger partial charge in [-0.2, -0.15) is 0 Å². The van der Waals surface area contributed by atoms with Crippen molar-refractivity contribution in [3.05, 3.63) is 63.1 Å². The number of nitrogens with one attached hydrogen (secondary N) is 1. The maximum Gasteiger partial charge on any atom is 0.141 e. The first-order valence-corrected chi connectivity index (χ1v) is 6.36. The fraction of sp³-hybridized carbons (Fsp3) is 0.0769. The van der Waals surface area contributed by atoms with E-state index < -0.39 is 5.82 Å². The molecule has 0 amide bonds. The summed E-state index contributed by atoms with van der Waals surface area (Å²) in [5.74, 6) is -0.775. The summed E-state index contributed by atoms with van der Waals surface area (Å²) in [6, 6.07) is 9.23. The minimum absolute atomic E-state index is 0.0574. The summed E-state index contributed by atoms with van der Waals surface area (Å²) in [5.41, 5.74) is 1.47. The lowest BCUT2D eigenvalue weighted by molar-refractivity contribution is 0.619. The minimum atomic E-state index is -0.461. The fourth-order valence-corrected chi connectivity index (χ4v) is 1.89. The molecule has 0 heterocycles. The Balaban J connectivity index is 2.06. The zero-order valence-corrected chi connectivity index (χ0v) is 11.5. The Labute approximate surface area is 117 Å². The molecule has 5 heteroatoms. The minimum Gasteiger partial charge on any atom is -0.381 e. The van der Waals surface area contributed by atoms with E-state index in [0.717, 1.165) is 5.56 Å². The van der Waals surface area contributed by atoms with Gasteiger partial charge in [-0.3, -0.25) is 0 Å². The van der Waals surface area contributed by atoms with Crippen LogP contribution in [0.15, 0.2) is 40.9 Å². The van der Waals surface area contributed by atoms with Gasteiger partial charge in [-0.25, -0.2) is 8.78 Å². The van der Waals surface area contributed by atoms with Crippen LogP contribution in [0.25, 0.3) is 0 Å². The van der Waals surface area contributed by atoms with Crippen molar-refractivity contribution in [1.82, 2.24) is 0 Å². The molecule has 18 heavy (non-hydrogen) atoms. The van der Waals surface area contributed by atoms with Gasteiger partial charge in [0.25, 0.3) is 0 Å². The monoisotopic (exact) mass is 331 g/mol. The topological polar surface area (TPSA) is 12.0 Å². The Hall–Kier alpha value is -1.13. The lowest BCUT2D eigenvalue weighted by Gasteiger charge is -2.07. The van der Waals surface area contributed by atoms with Crippen molar-refractivity contribution < 1.29 is 8.78 Å². The SMILES string of the molecule is Fc1ccc(NCc2ccc(Br)c(F)c2)cc1Cl. The van der Waals surface area contributed by atoms with E-state index in [2.05, 4.69) is 21.2 Å². The van der Waals surface area contributed by atoms with Gasteiger partial charge < -0.3 is 5.32 Å². The predicted octanol–water partition coefficient (Wildman–Crippen LogP) is 4.99. The van der Waals surface area contributed by atoms with Gasteiger partial charge in [-0.1, -0.05) is 17.7 Å². The molecule has 0 aromatic heterocycles. The molecule has 94 valence electrons. The van der Waals surface area contributed by atoms with E-state index in [4.69, 9.17) is 11.6 Å². The lowest BCUT2D eigenvalue weighted by atomic mass is 10.2. The van der Waals surface area contributed by atoms with Gasteiger partial charge in [-0.05, 0) is 51.8 Å². The molecular formula is C13H9BrClF2N. The quantitative estimate of drug-likeness (QED) is 0.834. The van der Waals surface area contributed by atoms with Gasteiger partial charge in [0.2, 0.25) is 0 Å². The molecule has 0 fully saturated rings. The molecule has 0 saturated carbocycles. The smallest absolute Gasteiger partial charge is 0.141 e. The molecule has 0 spiro atoms. The lowest BCUT2D eigenvalue weighted by Crippen LogP contribution is -2.00. The fourth-order valence-electron chi connectivity index (χ4n) is 1.46. The maximum atomic E-state index is 13.3. The molecule has 0 aliphatic heterocycles. The third-order valence-corrected chi connectivity index (χ3v) is 3.33. The molecule has 2 aromatic rings. The molecule has 1 N–H and O–H groups in total. The van der Waals surface area contributed by atoms with Crippen LogP contribution >= 0.6 is 27.5 Å². The van der Waals surface area contributed by atoms with Gasteiger partial charge in [0.05, 0.1) is 9.50 Å². The normalized spacial score (nSPS) is 10.4. The van der Waals surface area contributed by atoms with E-state index in [-0.39, 0.29) is 10.8 Å². The number of hydrogen-bond acceptors (Lipinski definition) is 1. The predicted molar refractivity (Wildman–Crippen MR) is 72.8 cm³/mol. The molecule has 0 bridgehead atoms. The van der Waals surface area contributed by atoms with Crippen molar-refractivity contribution in [2.75, 3.05) is 5.32 Å². The highest BCUT2D eigenvalue weighted by atomic mass is 79.9. The van der Waals surface area contributed by atoms with E-state index in [1.807, 2.05) is 0 Å². The summed E-state index contributed by atoms with van der Waals surface area (Å²) in [5, 5.41) is 3.10. The van der Waals surface area contributed by atoms with Crippen LogP contribution < -0.4 is 5.32 Å². The third kappa shape index (κ3) is 3.21. The van der Waals surface area contributed by atoms with Crippen molar-refractivity contribution in [3.63, 3.8) is 0 Å². The molecule has 0 aliphatic carbocycles. The zero-order valence-electron chi connectivity index (χ0n) is 9.18. The van der Waals surface area contributed by atoms with Crippen LogP contribution in [0.2, 0.25) is 5.02 Å². The van der Waals surface area contributed by atoms with E-state index >= 15 is 0 Å². The molecule has 0 aliphatic rings. The number of halogens is 4. The number of rotatable bonds is 3. The number of anilines is 1. The van der Waals surface area contributed by atoms with Crippen molar-refractivity contribution in [2.24, 2.45) is 0 Å². The second kappa shape index (κ2) is 5.67. The van der Waals surface area contributed by atoms with Crippen LogP contribution in [0.3, 0.4) is 0 Å². The molecule has 0 unspecified atom stereocenters. The van der Waals surface area contributed by atoms with Crippen molar-refractivity contribution in [3.8, 4) is 0 Å². The van der Waals surface area contributed by atoms with Gasteiger partial charge in [0.1, 0.15) is 11.6 Å². The average Bonchev–Trinajstić information content (AvgIpc) is 2.35. The number of benzene rings is 2. The van der Waals surface area contributed by atoms with Gasteiger partial charge >= 0.3 is 0 Å². The zero-order chi connectivity index (χ0) is 13.1. The first kappa shape index (κ1) is 13.3. The van der Waals surface area contributed by atoms with Crippen molar-refractivity contribution in [2.45, 2.75) is 6.54 Å². The summed E-state index contributed by atoms with van der Waals surface area (Å²) >= 11 is 8.75. The van der Waals surface area contributed by atoms with Crippen LogP contribution in [-0.2, 0) is 6.54 Å². The standard InChI is InChI=1S/C13H9BrClF2N/c14-10-3-1-8(5-13(10)17)7-18-9-2-4-12(16)11(15)6-9/h1-6,18H,7H2. The molecule has 2 aromatic carbocycles. The Kier molecular flexibility index (Phi) is 4.19. The molecule has 0 saturated heterocycles. The highest BCUT2D eigenvalue weighted by Crippen LogP contribution is 2.21. The summed E-state index contributed by atoms with van der Waals surface area (Å²) in [6.07, 6.45) is 0. The largest absolute Gasteiger partial charge is 0.381 e. The Bertz CT molecular complexity index is 523. The summed E-state index contributed by atoms with van der Waals surface area (Å²) in [4.78, 5) is 0. The Morgan fingerprint density at radius 2 is 1.83 bits per heavy atom. The first-order valence-electron chi connectivity index (χ1n) is 5.19. The van der Waals surface area contributed by atoms with E-state index in [9.17, 15) is 8.78 Å². The summed E-state index contributed by atoms with van der Waals surface area (Å²) in [6.45, 7) is 0.437. The van der Waals surface area contributed by atoms with Crippen LogP contribution in [0.1, 0.15) is 5.56 Å². The summed E-state index contributed by atoms with van der Waals surface area (Å²) in [7, 11) is 0. The van der Waals surface area contributed by atoms with Crippen LogP contribution in [-0.4, -0.2) is 0 Å². The van der Waals surface area contributed by atoms with Crippen LogP contribution in [0, 0.1) is 11.6 Å². The Morgan fingerprint density at radius 1 is 1.06 bits per heavy atom. The van der Waals surface area contributed by atoms with Crippen molar-refractivity contribution in [1.29, 1.82) is 0 Å². The molecule has 0 atom stereocenters. The van der Waals surface area contributed by atoms with E-state index in [1.54, 1.807) is 18.2 Å². The second-order valence-electron chi connectivity index (χ2n) is 3.73. The maximum absolute atomic E-state index is 13.3. The van der Waals surface area contributed by atoms with Gasteiger partial charge in [0, 0.05) is 12.2 Å². The third-order valence-electron chi connectivity index (χ3n) is 2.40. The van der Waals surface area contributed by atoms with Gasteiger partial charge in [0.15, 0.2) is 0 Å². The average molecular weight is 333 g/mol. The first-order chi connectivity index (χ1) is 8.56. The van der Waals surface area contributed by atoms with E-state index in [0.29, 0.717) is 16.7 Å². The molecular weight excluding hydrogens is 324 g/mol. The molecule has 0 radical (unpaired) electrons. The van der Waals surface area contributed by atoms with E-state index in [1.165, 1.54) is 18.2 Å². The van der Waals surface area contributed by atoms with Crippen LogP contribution in [0.4, 0.5) is 14.5 Å². The Morgan fingerprint density at radius 3 is 2.50 bits per heavy atom. The summed E-state index contributed by atoms with van der Waals surface area (Å²) < 4.78 is 26.6. The van der Waals surface area contributed by atoms with Crippen LogP contribution in [0.5, 0.6) is 0 Å². The highest BCUT2D eigenvalue weighted by molar-refractivity contribution is 9.10. The molecule has 2 rings (SSSR count). The van der Waals surface area contributed by atoms with Gasteiger partial charge in [-0.15, -0.1) is 0 Å².